The quantitative estimate of drug-likeness (QED) is 0.121. The molecule has 0 bridgehead atoms. The van der Waals surface area contributed by atoms with Gasteiger partial charge in [0.2, 0.25) is 0 Å². The topological polar surface area (TPSA) is 86.2 Å². The van der Waals surface area contributed by atoms with Gasteiger partial charge in [-0.1, -0.05) is 0 Å². The number of unbranched alkanes of at least 4 members (excludes halogenated alkanes) is 6. The molecule has 0 aromatic carbocycles. The second-order valence-corrected chi connectivity index (χ2v) is 14.8. The predicted octanol–water partition coefficient (Wildman–Crippen LogP) is 7.69. The van der Waals surface area contributed by atoms with E-state index in [1.807, 2.05) is 0 Å². The molecule has 0 radical (unpaired) electrons. The van der Waals surface area contributed by atoms with Gasteiger partial charge < -0.3 is 19.2 Å². The smallest absolute Gasteiger partial charge is 0.159 e. The molecule has 0 aliphatic rings. The molecule has 0 aromatic rings. The molecule has 0 aliphatic heterocycles. The summed E-state index contributed by atoms with van der Waals surface area (Å²) in [5, 5.41) is 9.29. The summed E-state index contributed by atoms with van der Waals surface area (Å²) in [5.41, 5.74) is 0. The third-order valence-corrected chi connectivity index (χ3v) is 9.94. The van der Waals surface area contributed by atoms with E-state index in [2.05, 4.69) is 41.5 Å². The van der Waals surface area contributed by atoms with Crippen LogP contribution < -0.4 is 14.7 Å². The van der Waals surface area contributed by atoms with E-state index in [4.69, 9.17) is 19.2 Å². The van der Waals surface area contributed by atoms with Gasteiger partial charge in [0, 0.05) is 0 Å². The maximum atomic E-state index is 8.55. The van der Waals surface area contributed by atoms with E-state index in [9.17, 15) is 0 Å². The number of phosphoric acid groups is 1. The summed E-state index contributed by atoms with van der Waals surface area (Å²) in [6, 6.07) is 0. The Balaban J connectivity index is -0.000000167. The van der Waals surface area contributed by atoms with Crippen LogP contribution in [0.1, 0.15) is 119 Å². The van der Waals surface area contributed by atoms with Crippen molar-refractivity contribution in [2.24, 2.45) is 0 Å². The molecular formula is C24H54O4PV3. The molecular weight excluding hydrogens is 536 g/mol. The molecule has 0 aromatic heterocycles. The molecule has 194 valence electrons. The van der Waals surface area contributed by atoms with Gasteiger partial charge in [-0.2, -0.15) is 7.82 Å². The van der Waals surface area contributed by atoms with Crippen molar-refractivity contribution >= 4 is 7.82 Å². The van der Waals surface area contributed by atoms with Crippen molar-refractivity contribution in [2.75, 3.05) is 0 Å². The van der Waals surface area contributed by atoms with Crippen LogP contribution in [-0.2, 0) is 53.4 Å². The van der Waals surface area contributed by atoms with Crippen LogP contribution in [0.5, 0.6) is 0 Å². The van der Waals surface area contributed by atoms with Crippen molar-refractivity contribution < 1.29 is 68.1 Å². The summed E-state index contributed by atoms with van der Waals surface area (Å²) >= 11 is 2.21. The predicted molar refractivity (Wildman–Crippen MR) is 126 cm³/mol. The summed E-state index contributed by atoms with van der Waals surface area (Å²) in [6.45, 7) is 13.7. The molecule has 0 heterocycles. The van der Waals surface area contributed by atoms with Crippen molar-refractivity contribution in [1.82, 2.24) is 0 Å². The van der Waals surface area contributed by atoms with E-state index in [1.54, 1.807) is 30.8 Å². The fourth-order valence-electron chi connectivity index (χ4n) is 1.95. The molecule has 0 aliphatic carbocycles. The van der Waals surface area contributed by atoms with Crippen molar-refractivity contribution in [1.29, 1.82) is 0 Å². The number of hydrogen-bond donors (Lipinski definition) is 0. The maximum Gasteiger partial charge on any atom is -0.159 e. The average molecular weight is 590 g/mol. The standard InChI is InChI=1S/6C4H9.H3O4P.3V/c6*1-3-4-2;1-5(2,3)4;;;/h6*1,3-4H2,2H3;(H3,1,2,3,4);;;/q;;;;;;;3*+1/p-3. The van der Waals surface area contributed by atoms with Crippen molar-refractivity contribution in [2.45, 2.75) is 149 Å². The van der Waals surface area contributed by atoms with Gasteiger partial charge in [-0.05, 0) is 0 Å². The normalized spacial score (nSPS) is 9.91. The molecule has 0 rings (SSSR count). The number of rotatable bonds is 18. The molecule has 32 heavy (non-hydrogen) atoms. The fourth-order valence-corrected chi connectivity index (χ4v) is 8.06. The second-order valence-electron chi connectivity index (χ2n) is 7.58. The van der Waals surface area contributed by atoms with Gasteiger partial charge in [0.05, 0.1) is 0 Å². The Bertz CT molecular complexity index is 273. The van der Waals surface area contributed by atoms with Crippen molar-refractivity contribution in [3.8, 4) is 0 Å². The molecule has 0 saturated carbocycles. The Morgan fingerprint density at radius 2 is 0.562 bits per heavy atom. The number of hydrogen-bond acceptors (Lipinski definition) is 4. The van der Waals surface area contributed by atoms with Crippen LogP contribution >= 0.6 is 7.82 Å². The van der Waals surface area contributed by atoms with Gasteiger partial charge >= 0.3 is 198 Å². The summed E-state index contributed by atoms with van der Waals surface area (Å²) in [5.74, 6) is 0. The van der Waals surface area contributed by atoms with Gasteiger partial charge in [0.1, 0.15) is 0 Å². The third-order valence-electron chi connectivity index (χ3n) is 4.02. The largest absolute Gasteiger partial charge is 0.822 e. The monoisotopic (exact) mass is 590 g/mol. The minimum Gasteiger partial charge on any atom is -0.822 e. The molecule has 0 N–H and O–H groups in total. The molecule has 0 spiro atoms. The first-order valence-corrected chi connectivity index (χ1v) is 20.3. The van der Waals surface area contributed by atoms with Gasteiger partial charge in [-0.15, -0.1) is 0 Å². The second kappa shape index (κ2) is 40.0. The zero-order valence-electron chi connectivity index (χ0n) is 22.1. The van der Waals surface area contributed by atoms with E-state index in [1.165, 1.54) is 77.0 Å². The van der Waals surface area contributed by atoms with Crippen LogP contribution in [0.15, 0.2) is 0 Å². The van der Waals surface area contributed by atoms with Crippen LogP contribution in [0.2, 0.25) is 30.8 Å². The zero-order valence-corrected chi connectivity index (χ0v) is 27.2. The molecule has 0 fully saturated rings. The Kier molecular flexibility index (Phi) is 51.3. The van der Waals surface area contributed by atoms with Crippen molar-refractivity contribution in [3.63, 3.8) is 0 Å². The molecule has 0 saturated heterocycles. The van der Waals surface area contributed by atoms with E-state index in [-0.39, 0.29) is 0 Å². The van der Waals surface area contributed by atoms with Gasteiger partial charge in [0.15, 0.2) is 0 Å². The first kappa shape index (κ1) is 41.0. The SMILES string of the molecule is CCC[CH2][V+][CH2]CCC.CCC[CH2][V+][CH2]CCC.CCC[CH2][V+][CH2]CCC.O=P([O-])([O-])[O-]. The van der Waals surface area contributed by atoms with Crippen LogP contribution in [0, 0.1) is 0 Å². The Labute approximate surface area is 224 Å². The molecule has 0 amide bonds. The summed E-state index contributed by atoms with van der Waals surface area (Å²) < 4.78 is 8.55. The summed E-state index contributed by atoms with van der Waals surface area (Å²) in [7, 11) is -5.39. The van der Waals surface area contributed by atoms with Gasteiger partial charge in [0.25, 0.3) is 0 Å². The summed E-state index contributed by atoms with van der Waals surface area (Å²) in [6.07, 6.45) is 17.2. The minimum absolute atomic E-state index is 0.737. The van der Waals surface area contributed by atoms with Gasteiger partial charge in [-0.25, -0.2) is 0 Å². The molecule has 4 nitrogen and oxygen atoms in total. The van der Waals surface area contributed by atoms with E-state index >= 15 is 0 Å². The summed E-state index contributed by atoms with van der Waals surface area (Å²) in [4.78, 5) is 25.6. The van der Waals surface area contributed by atoms with Crippen LogP contribution in [0.4, 0.5) is 0 Å². The van der Waals surface area contributed by atoms with Crippen LogP contribution in [-0.4, -0.2) is 0 Å². The van der Waals surface area contributed by atoms with Gasteiger partial charge in [-0.3, -0.25) is 0 Å². The molecule has 0 atom stereocenters. The Hall–Kier alpha value is 1.86. The van der Waals surface area contributed by atoms with E-state index in [0.717, 1.165) is 48.9 Å². The average Bonchev–Trinajstić information content (AvgIpc) is 2.73. The van der Waals surface area contributed by atoms with E-state index in [0.29, 0.717) is 0 Å². The van der Waals surface area contributed by atoms with Crippen LogP contribution in [0.3, 0.4) is 0 Å². The molecule has 0 unspecified atom stereocenters. The van der Waals surface area contributed by atoms with E-state index < -0.39 is 7.82 Å². The molecule has 8 heteroatoms. The Morgan fingerprint density at radius 3 is 0.656 bits per heavy atom. The maximum absolute atomic E-state index is 8.55. The fraction of sp³-hybridized carbons (Fsp3) is 1.00. The van der Waals surface area contributed by atoms with Crippen LogP contribution in [0.25, 0.3) is 0 Å². The zero-order chi connectivity index (χ0) is 25.3. The van der Waals surface area contributed by atoms with Crippen molar-refractivity contribution in [3.05, 3.63) is 0 Å². The first-order valence-electron chi connectivity index (χ1n) is 12.9. The third kappa shape index (κ3) is 76.9. The Morgan fingerprint density at radius 1 is 0.438 bits per heavy atom. The minimum atomic E-state index is -5.39. The first-order chi connectivity index (χ1) is 15.2.